The molecular formula is C32H26Cl2Zr. The largest absolute Gasteiger partial charge is 1.00 e. The van der Waals surface area contributed by atoms with E-state index in [1.807, 2.05) is 0 Å². The van der Waals surface area contributed by atoms with E-state index in [0.29, 0.717) is 3.63 Å². The van der Waals surface area contributed by atoms with Crippen LogP contribution in [0.25, 0.3) is 11.1 Å². The minimum atomic E-state index is -2.49. The fourth-order valence-corrected chi connectivity index (χ4v) is 14.4. The zero-order valence-corrected chi connectivity index (χ0v) is 23.6. The Morgan fingerprint density at radius 1 is 0.657 bits per heavy atom. The van der Waals surface area contributed by atoms with Crippen LogP contribution in [0.15, 0.2) is 125 Å². The van der Waals surface area contributed by atoms with Gasteiger partial charge in [-0.2, -0.15) is 0 Å². The van der Waals surface area contributed by atoms with Crippen LogP contribution in [0.5, 0.6) is 0 Å². The molecule has 0 nitrogen and oxygen atoms in total. The molecule has 4 aromatic rings. The number of rotatable bonds is 4. The van der Waals surface area contributed by atoms with Crippen LogP contribution in [0.2, 0.25) is 0 Å². The third-order valence-electron chi connectivity index (χ3n) is 6.91. The quantitative estimate of drug-likeness (QED) is 0.350. The fraction of sp³-hybridized carbons (Fsp3) is 0.0938. The van der Waals surface area contributed by atoms with Gasteiger partial charge in [0.1, 0.15) is 0 Å². The molecule has 172 valence electrons. The Morgan fingerprint density at radius 3 is 1.77 bits per heavy atom. The molecule has 35 heavy (non-hydrogen) atoms. The van der Waals surface area contributed by atoms with Gasteiger partial charge in [-0.3, -0.25) is 0 Å². The summed E-state index contributed by atoms with van der Waals surface area (Å²) < 4.78 is 3.79. The van der Waals surface area contributed by atoms with E-state index in [0.717, 1.165) is 6.42 Å². The summed E-state index contributed by atoms with van der Waals surface area (Å²) in [4.78, 5) is 0. The topological polar surface area (TPSA) is 0 Å². The minimum absolute atomic E-state index is 0. The summed E-state index contributed by atoms with van der Waals surface area (Å²) in [5, 5.41) is 0. The first-order chi connectivity index (χ1) is 16.3. The molecule has 0 aromatic heterocycles. The van der Waals surface area contributed by atoms with Crippen LogP contribution in [-0.2, 0) is 21.3 Å². The summed E-state index contributed by atoms with van der Waals surface area (Å²) in [5.74, 6) is 0. The third kappa shape index (κ3) is 4.75. The molecule has 0 heterocycles. The maximum absolute atomic E-state index is 2.49. The summed E-state index contributed by atoms with van der Waals surface area (Å²) >= 11 is -2.49. The number of aryl methyl sites for hydroxylation is 1. The van der Waals surface area contributed by atoms with Crippen molar-refractivity contribution in [3.63, 3.8) is 0 Å². The number of benzene rings is 4. The van der Waals surface area contributed by atoms with Crippen molar-refractivity contribution in [2.75, 3.05) is 0 Å². The number of hydrogen-bond acceptors (Lipinski definition) is 0. The molecule has 0 spiro atoms. The number of fused-ring (bicyclic) bond motifs is 3. The van der Waals surface area contributed by atoms with E-state index in [9.17, 15) is 0 Å². The third-order valence-corrected chi connectivity index (χ3v) is 15.2. The van der Waals surface area contributed by atoms with Gasteiger partial charge in [-0.1, -0.05) is 0 Å². The molecule has 2 aliphatic rings. The Bertz CT molecular complexity index is 1380. The first kappa shape index (κ1) is 25.8. The zero-order valence-electron chi connectivity index (χ0n) is 19.6. The van der Waals surface area contributed by atoms with E-state index in [4.69, 9.17) is 0 Å². The van der Waals surface area contributed by atoms with E-state index in [1.165, 1.54) is 38.9 Å². The predicted octanol–water partition coefficient (Wildman–Crippen LogP) is 1.80. The van der Waals surface area contributed by atoms with Crippen LogP contribution >= 0.6 is 0 Å². The Kier molecular flexibility index (Phi) is 8.23. The van der Waals surface area contributed by atoms with Crippen LogP contribution < -0.4 is 24.8 Å². The number of allylic oxidation sites excluding steroid dienone is 4. The van der Waals surface area contributed by atoms with Crippen LogP contribution in [0.4, 0.5) is 0 Å². The first-order valence-corrected chi connectivity index (χ1v) is 15.6. The summed E-state index contributed by atoms with van der Waals surface area (Å²) in [6.07, 6.45) is 8.16. The molecule has 0 radical (unpaired) electrons. The van der Waals surface area contributed by atoms with Crippen LogP contribution in [0.3, 0.4) is 0 Å². The van der Waals surface area contributed by atoms with Crippen molar-refractivity contribution in [1.82, 2.24) is 0 Å². The van der Waals surface area contributed by atoms with E-state index < -0.39 is 21.3 Å². The molecule has 0 aliphatic heterocycles. The van der Waals surface area contributed by atoms with Gasteiger partial charge < -0.3 is 24.8 Å². The molecule has 0 saturated heterocycles. The first-order valence-electron chi connectivity index (χ1n) is 11.7. The monoisotopic (exact) mass is 570 g/mol. The molecule has 0 N–H and O–H groups in total. The average Bonchev–Trinajstić information content (AvgIpc) is 3.51. The summed E-state index contributed by atoms with van der Waals surface area (Å²) in [6, 6.07) is 38.7. The van der Waals surface area contributed by atoms with Crippen molar-refractivity contribution < 1.29 is 46.1 Å². The average molecular weight is 573 g/mol. The van der Waals surface area contributed by atoms with Crippen molar-refractivity contribution in [3.8, 4) is 11.1 Å². The molecule has 2 aliphatic carbocycles. The van der Waals surface area contributed by atoms with Gasteiger partial charge in [0, 0.05) is 0 Å². The molecule has 3 heteroatoms. The molecule has 0 saturated carbocycles. The van der Waals surface area contributed by atoms with E-state index >= 15 is 0 Å². The number of halogens is 2. The van der Waals surface area contributed by atoms with Crippen LogP contribution in [0.1, 0.15) is 37.9 Å². The molecular weight excluding hydrogens is 546 g/mol. The summed E-state index contributed by atoms with van der Waals surface area (Å²) in [6.45, 7) is 2.18. The Balaban J connectivity index is 0.00000144. The second-order valence-corrected chi connectivity index (χ2v) is 15.2. The Labute approximate surface area is 228 Å². The van der Waals surface area contributed by atoms with Gasteiger partial charge in [0.2, 0.25) is 0 Å². The standard InChI is InChI=1S/C14H12.C13H9.C5H5.2ClH.Zr/c1-12-7-9-14(10-8-12)11-13-5-3-2-4-6-13;1-3-7-12-10(5-1)9-11-6-2-4-8-13(11)12;1-2-4-5-3-1;;;/h2-10H,1H3;1-9H;1-3H,4H2;2*1H;/q;;;;;+2/p-2. The van der Waals surface area contributed by atoms with Crippen molar-refractivity contribution >= 4 is 3.21 Å². The molecule has 0 amide bonds. The minimum Gasteiger partial charge on any atom is -1.00 e. The van der Waals surface area contributed by atoms with Gasteiger partial charge in [-0.05, 0) is 0 Å². The molecule has 0 bridgehead atoms. The molecule has 0 fully saturated rings. The van der Waals surface area contributed by atoms with E-state index in [2.05, 4.69) is 128 Å². The zero-order chi connectivity index (χ0) is 22.2. The predicted molar refractivity (Wildman–Crippen MR) is 136 cm³/mol. The molecule has 0 unspecified atom stereocenters. The van der Waals surface area contributed by atoms with E-state index in [-0.39, 0.29) is 24.8 Å². The maximum atomic E-state index is 2.44. The van der Waals surface area contributed by atoms with Gasteiger partial charge in [-0.25, -0.2) is 0 Å². The maximum Gasteiger partial charge on any atom is -1.00 e. The second kappa shape index (κ2) is 11.2. The van der Waals surface area contributed by atoms with Gasteiger partial charge in [-0.15, -0.1) is 0 Å². The molecule has 6 rings (SSSR count). The van der Waals surface area contributed by atoms with E-state index in [1.54, 1.807) is 6.49 Å². The van der Waals surface area contributed by atoms with Crippen molar-refractivity contribution in [3.05, 3.63) is 152 Å². The van der Waals surface area contributed by atoms with Gasteiger partial charge in [0.25, 0.3) is 0 Å². The van der Waals surface area contributed by atoms with Crippen molar-refractivity contribution in [2.24, 2.45) is 0 Å². The van der Waals surface area contributed by atoms with Gasteiger partial charge >= 0.3 is 205 Å². The summed E-state index contributed by atoms with van der Waals surface area (Å²) in [5.41, 5.74) is 10.0. The van der Waals surface area contributed by atoms with Crippen molar-refractivity contribution in [1.29, 1.82) is 0 Å². The number of hydrogen-bond donors (Lipinski definition) is 0. The van der Waals surface area contributed by atoms with Crippen molar-refractivity contribution in [2.45, 2.75) is 17.0 Å². The molecule has 0 atom stereocenters. The fourth-order valence-electron chi connectivity index (χ4n) is 5.41. The Morgan fingerprint density at radius 2 is 1.20 bits per heavy atom. The van der Waals surface area contributed by atoms with Gasteiger partial charge in [0.05, 0.1) is 0 Å². The Hall–Kier alpha value is -2.31. The van der Waals surface area contributed by atoms with Gasteiger partial charge in [0.15, 0.2) is 0 Å². The second-order valence-electron chi connectivity index (χ2n) is 8.95. The SMILES string of the molecule is Cc1ccc(/[C](c2ccccc2)=[Zr+2](/[C]2=CC=CC2)[CH]2c3ccccc3-c3ccccc32)cc1.[Cl-].[Cl-]. The summed E-state index contributed by atoms with van der Waals surface area (Å²) in [7, 11) is 0. The smallest absolute Gasteiger partial charge is 1.00 e. The van der Waals surface area contributed by atoms with Crippen LogP contribution in [0, 0.1) is 6.92 Å². The van der Waals surface area contributed by atoms with Crippen LogP contribution in [-0.4, -0.2) is 3.21 Å². The normalized spacial score (nSPS) is 13.7. The molecule has 4 aromatic carbocycles.